The molecule has 0 saturated carbocycles. The molecule has 0 amide bonds. The third-order valence-corrected chi connectivity index (χ3v) is 4.86. The molecule has 0 atom stereocenters. The first kappa shape index (κ1) is 20.2. The van der Waals surface area contributed by atoms with Crippen molar-refractivity contribution in [1.82, 2.24) is 5.32 Å². The molecule has 3 nitrogen and oxygen atoms in total. The number of hydrogen-bond acceptors (Lipinski definition) is 3. The van der Waals surface area contributed by atoms with Gasteiger partial charge in [0.15, 0.2) is 0 Å². The zero-order valence-corrected chi connectivity index (χ0v) is 16.8. The highest BCUT2D eigenvalue weighted by Crippen LogP contribution is 2.28. The van der Waals surface area contributed by atoms with Gasteiger partial charge in [0.1, 0.15) is 24.7 Å². The standard InChI is InChI=1S/C25H31NO2/c1-2-3-4-10-17-26-20-24-23-14-9-8-11-21(23)15-16-25(24)28-19-18-27-22-12-6-5-7-13-22/h5-9,11-16,26H,2-4,10,17-20H2,1H3. The van der Waals surface area contributed by atoms with Crippen LogP contribution < -0.4 is 14.8 Å². The molecule has 0 bridgehead atoms. The average molecular weight is 378 g/mol. The van der Waals surface area contributed by atoms with Gasteiger partial charge in [-0.05, 0) is 41.9 Å². The van der Waals surface area contributed by atoms with E-state index in [9.17, 15) is 0 Å². The summed E-state index contributed by atoms with van der Waals surface area (Å²) in [6.07, 6.45) is 5.09. The van der Waals surface area contributed by atoms with Gasteiger partial charge < -0.3 is 14.8 Å². The van der Waals surface area contributed by atoms with E-state index in [1.54, 1.807) is 0 Å². The molecule has 148 valence electrons. The quantitative estimate of drug-likeness (QED) is 0.395. The fraction of sp³-hybridized carbons (Fsp3) is 0.360. The molecule has 3 aromatic carbocycles. The Morgan fingerprint density at radius 3 is 2.39 bits per heavy atom. The highest BCUT2D eigenvalue weighted by molar-refractivity contribution is 5.87. The van der Waals surface area contributed by atoms with Gasteiger partial charge in [-0.25, -0.2) is 0 Å². The van der Waals surface area contributed by atoms with Crippen molar-refractivity contribution in [3.63, 3.8) is 0 Å². The second-order valence-corrected chi connectivity index (χ2v) is 7.01. The lowest BCUT2D eigenvalue weighted by molar-refractivity contribution is 0.216. The van der Waals surface area contributed by atoms with Crippen LogP contribution in [0.15, 0.2) is 66.7 Å². The van der Waals surface area contributed by atoms with Crippen molar-refractivity contribution in [1.29, 1.82) is 0 Å². The van der Waals surface area contributed by atoms with Crippen LogP contribution in [0.1, 0.15) is 38.2 Å². The van der Waals surface area contributed by atoms with E-state index in [0.717, 1.165) is 24.6 Å². The SMILES string of the molecule is CCCCCCNCc1c(OCCOc2ccccc2)ccc2ccccc12. The minimum absolute atomic E-state index is 0.525. The molecule has 0 heterocycles. The summed E-state index contributed by atoms with van der Waals surface area (Å²) >= 11 is 0. The molecule has 1 N–H and O–H groups in total. The Bertz CT molecular complexity index is 832. The average Bonchev–Trinajstić information content (AvgIpc) is 2.75. The second kappa shape index (κ2) is 11.4. The molecule has 0 aliphatic carbocycles. The normalized spacial score (nSPS) is 10.9. The highest BCUT2D eigenvalue weighted by atomic mass is 16.5. The van der Waals surface area contributed by atoms with Gasteiger partial charge in [-0.3, -0.25) is 0 Å². The summed E-state index contributed by atoms with van der Waals surface area (Å²) < 4.78 is 11.8. The van der Waals surface area contributed by atoms with Crippen LogP contribution in [0.4, 0.5) is 0 Å². The first-order chi connectivity index (χ1) is 13.9. The van der Waals surface area contributed by atoms with Gasteiger partial charge in [0.2, 0.25) is 0 Å². The number of benzene rings is 3. The number of hydrogen-bond donors (Lipinski definition) is 1. The van der Waals surface area contributed by atoms with Crippen molar-refractivity contribution in [2.45, 2.75) is 39.2 Å². The monoisotopic (exact) mass is 377 g/mol. The van der Waals surface area contributed by atoms with E-state index >= 15 is 0 Å². The highest BCUT2D eigenvalue weighted by Gasteiger charge is 2.09. The van der Waals surface area contributed by atoms with Gasteiger partial charge in [0, 0.05) is 12.1 Å². The maximum Gasteiger partial charge on any atom is 0.124 e. The molecule has 0 radical (unpaired) electrons. The number of rotatable bonds is 12. The smallest absolute Gasteiger partial charge is 0.124 e. The number of fused-ring (bicyclic) bond motifs is 1. The number of nitrogens with one attached hydrogen (secondary N) is 1. The van der Waals surface area contributed by atoms with Crippen molar-refractivity contribution in [3.05, 3.63) is 72.3 Å². The first-order valence-electron chi connectivity index (χ1n) is 10.4. The van der Waals surface area contributed by atoms with Crippen LogP contribution in [-0.4, -0.2) is 19.8 Å². The van der Waals surface area contributed by atoms with Crippen molar-refractivity contribution in [2.75, 3.05) is 19.8 Å². The molecular weight excluding hydrogens is 346 g/mol. The summed E-state index contributed by atoms with van der Waals surface area (Å²) in [4.78, 5) is 0. The topological polar surface area (TPSA) is 30.5 Å². The van der Waals surface area contributed by atoms with E-state index in [2.05, 4.69) is 48.6 Å². The summed E-state index contributed by atoms with van der Waals surface area (Å²) in [5.41, 5.74) is 1.23. The summed E-state index contributed by atoms with van der Waals surface area (Å²) in [6.45, 7) is 5.16. The third kappa shape index (κ3) is 6.00. The van der Waals surface area contributed by atoms with E-state index in [1.165, 1.54) is 42.0 Å². The molecule has 28 heavy (non-hydrogen) atoms. The van der Waals surface area contributed by atoms with E-state index < -0.39 is 0 Å². The fourth-order valence-corrected chi connectivity index (χ4v) is 3.35. The van der Waals surface area contributed by atoms with Gasteiger partial charge in [0.25, 0.3) is 0 Å². The maximum atomic E-state index is 6.10. The minimum Gasteiger partial charge on any atom is -0.490 e. The molecule has 0 aliphatic rings. The maximum absolute atomic E-state index is 6.10. The Morgan fingerprint density at radius 2 is 1.54 bits per heavy atom. The second-order valence-electron chi connectivity index (χ2n) is 7.01. The number of unbranched alkanes of at least 4 members (excludes halogenated alkanes) is 3. The zero-order chi connectivity index (χ0) is 19.4. The molecular formula is C25H31NO2. The Hall–Kier alpha value is -2.52. The lowest BCUT2D eigenvalue weighted by Crippen LogP contribution is -2.17. The lowest BCUT2D eigenvalue weighted by Gasteiger charge is -2.15. The summed E-state index contributed by atoms with van der Waals surface area (Å²) in [5, 5.41) is 6.10. The number of ether oxygens (including phenoxy) is 2. The Balaban J connectivity index is 1.60. The Labute approximate surface area is 168 Å². The molecule has 0 unspecified atom stereocenters. The van der Waals surface area contributed by atoms with Crippen molar-refractivity contribution in [2.24, 2.45) is 0 Å². The van der Waals surface area contributed by atoms with E-state index in [-0.39, 0.29) is 0 Å². The van der Waals surface area contributed by atoms with Crippen LogP contribution >= 0.6 is 0 Å². The van der Waals surface area contributed by atoms with E-state index in [0.29, 0.717) is 13.2 Å². The molecule has 3 heteroatoms. The van der Waals surface area contributed by atoms with Gasteiger partial charge in [0.05, 0.1) is 0 Å². The molecule has 0 fully saturated rings. The minimum atomic E-state index is 0.525. The zero-order valence-electron chi connectivity index (χ0n) is 16.8. The predicted molar refractivity (Wildman–Crippen MR) is 117 cm³/mol. The lowest BCUT2D eigenvalue weighted by atomic mass is 10.0. The van der Waals surface area contributed by atoms with Crippen molar-refractivity contribution in [3.8, 4) is 11.5 Å². The summed E-state index contributed by atoms with van der Waals surface area (Å²) in [6, 6.07) is 22.6. The summed E-state index contributed by atoms with van der Waals surface area (Å²) in [5.74, 6) is 1.81. The number of para-hydroxylation sites is 1. The summed E-state index contributed by atoms with van der Waals surface area (Å²) in [7, 11) is 0. The molecule has 0 spiro atoms. The van der Waals surface area contributed by atoms with Crippen LogP contribution in [0.2, 0.25) is 0 Å². The van der Waals surface area contributed by atoms with E-state index in [4.69, 9.17) is 9.47 Å². The van der Waals surface area contributed by atoms with Gasteiger partial charge >= 0.3 is 0 Å². The van der Waals surface area contributed by atoms with Gasteiger partial charge in [-0.15, -0.1) is 0 Å². The molecule has 3 aromatic rings. The first-order valence-corrected chi connectivity index (χ1v) is 10.4. The largest absolute Gasteiger partial charge is 0.490 e. The van der Waals surface area contributed by atoms with E-state index in [1.807, 2.05) is 30.3 Å². The third-order valence-electron chi connectivity index (χ3n) is 4.86. The van der Waals surface area contributed by atoms with Crippen LogP contribution in [0, 0.1) is 0 Å². The van der Waals surface area contributed by atoms with Gasteiger partial charge in [-0.2, -0.15) is 0 Å². The van der Waals surface area contributed by atoms with Gasteiger partial charge in [-0.1, -0.05) is 74.7 Å². The Morgan fingerprint density at radius 1 is 0.750 bits per heavy atom. The molecule has 0 saturated heterocycles. The van der Waals surface area contributed by atoms with Crippen LogP contribution in [0.5, 0.6) is 11.5 Å². The molecule has 0 aromatic heterocycles. The predicted octanol–water partition coefficient (Wildman–Crippen LogP) is 5.97. The van der Waals surface area contributed by atoms with Crippen LogP contribution in [-0.2, 0) is 6.54 Å². The molecule has 3 rings (SSSR count). The van der Waals surface area contributed by atoms with Crippen molar-refractivity contribution < 1.29 is 9.47 Å². The van der Waals surface area contributed by atoms with Crippen LogP contribution in [0.25, 0.3) is 10.8 Å². The fourth-order valence-electron chi connectivity index (χ4n) is 3.35. The molecule has 0 aliphatic heterocycles. The van der Waals surface area contributed by atoms with Crippen molar-refractivity contribution >= 4 is 10.8 Å². The van der Waals surface area contributed by atoms with Crippen LogP contribution in [0.3, 0.4) is 0 Å². The Kier molecular flexibility index (Phi) is 8.20.